The van der Waals surface area contributed by atoms with Gasteiger partial charge in [0.2, 0.25) is 0 Å². The van der Waals surface area contributed by atoms with Crippen LogP contribution < -0.4 is 9.64 Å². The molecule has 9 aromatic rings. The molecule has 2 aliphatic carbocycles. The summed E-state index contributed by atoms with van der Waals surface area (Å²) in [4.78, 5) is 2.50. The van der Waals surface area contributed by atoms with Crippen molar-refractivity contribution < 1.29 is 4.74 Å². The molecule has 1 aliphatic heterocycles. The van der Waals surface area contributed by atoms with Gasteiger partial charge in [-0.15, -0.1) is 0 Å². The first-order valence-electron chi connectivity index (χ1n) is 21.4. The largest absolute Gasteiger partial charge is 0.484 e. The van der Waals surface area contributed by atoms with Gasteiger partial charge >= 0.3 is 0 Å². The third-order valence-corrected chi connectivity index (χ3v) is 13.4. The van der Waals surface area contributed by atoms with E-state index in [1.165, 1.54) is 88.4 Å². The maximum absolute atomic E-state index is 6.68. The standard InChI is InChI=1S/C59H43NO/c1-59(2)52-21-9-7-20-50(52)57-53(59)22-12-24-55(57)60(46-31-27-39(28-32-46)42-16-11-17-43(35-42)44-26-25-38-13-3-4-15-41(38)36-44)54-23-10-8-18-47(54)45-30-34-56-51(37-45)49-33-29-40-14-5-6-19-48(40)58(49)61-56/h3-37,51,56H,1-2H3. The normalized spacial score (nSPS) is 16.7. The fourth-order valence-electron chi connectivity index (χ4n) is 10.3. The molecular formula is C59H43NO. The van der Waals surface area contributed by atoms with Crippen LogP contribution in [0, 0.1) is 0 Å². The fourth-order valence-corrected chi connectivity index (χ4v) is 10.3. The van der Waals surface area contributed by atoms with Crippen LogP contribution in [0.15, 0.2) is 212 Å². The molecular weight excluding hydrogens is 739 g/mol. The Morgan fingerprint density at radius 3 is 2.00 bits per heavy atom. The zero-order chi connectivity index (χ0) is 40.7. The van der Waals surface area contributed by atoms with Gasteiger partial charge in [-0.3, -0.25) is 0 Å². The van der Waals surface area contributed by atoms with Crippen LogP contribution in [0.3, 0.4) is 0 Å². The van der Waals surface area contributed by atoms with Crippen molar-refractivity contribution in [3.05, 3.63) is 235 Å². The van der Waals surface area contributed by atoms with E-state index in [-0.39, 0.29) is 17.4 Å². The first-order valence-corrected chi connectivity index (χ1v) is 21.4. The van der Waals surface area contributed by atoms with Gasteiger partial charge in [-0.25, -0.2) is 0 Å². The molecule has 12 rings (SSSR count). The summed E-state index contributed by atoms with van der Waals surface area (Å²) in [5.74, 6) is 1.13. The molecule has 290 valence electrons. The van der Waals surface area contributed by atoms with Gasteiger partial charge < -0.3 is 9.64 Å². The number of hydrogen-bond acceptors (Lipinski definition) is 2. The third kappa shape index (κ3) is 5.70. The number of nitrogens with zero attached hydrogens (tertiary/aromatic N) is 1. The topological polar surface area (TPSA) is 12.5 Å². The van der Waals surface area contributed by atoms with Crippen molar-refractivity contribution >= 4 is 44.2 Å². The first-order chi connectivity index (χ1) is 30.0. The van der Waals surface area contributed by atoms with E-state index in [9.17, 15) is 0 Å². The van der Waals surface area contributed by atoms with Gasteiger partial charge in [-0.05, 0) is 103 Å². The Hall–Kier alpha value is -7.42. The molecule has 0 radical (unpaired) electrons. The third-order valence-electron chi connectivity index (χ3n) is 13.4. The van der Waals surface area contributed by atoms with E-state index in [0.29, 0.717) is 0 Å². The quantitative estimate of drug-likeness (QED) is 0.167. The van der Waals surface area contributed by atoms with E-state index in [1.54, 1.807) is 0 Å². The molecule has 2 heteroatoms. The average molecular weight is 782 g/mol. The Labute approximate surface area is 357 Å². The van der Waals surface area contributed by atoms with Gasteiger partial charge in [0.1, 0.15) is 11.9 Å². The lowest BCUT2D eigenvalue weighted by Crippen LogP contribution is -2.18. The maximum atomic E-state index is 6.68. The summed E-state index contributed by atoms with van der Waals surface area (Å²) in [6, 6.07) is 71.2. The molecule has 2 atom stereocenters. The van der Waals surface area contributed by atoms with Gasteiger partial charge in [-0.1, -0.05) is 184 Å². The molecule has 0 spiro atoms. The van der Waals surface area contributed by atoms with Crippen LogP contribution in [0.5, 0.6) is 5.75 Å². The number of anilines is 3. The van der Waals surface area contributed by atoms with Crippen molar-refractivity contribution in [3.63, 3.8) is 0 Å². The highest BCUT2D eigenvalue weighted by molar-refractivity contribution is 5.98. The second-order valence-corrected chi connectivity index (χ2v) is 17.2. The van der Waals surface area contributed by atoms with Crippen LogP contribution in [0.1, 0.15) is 42.0 Å². The molecule has 0 N–H and O–H groups in total. The van der Waals surface area contributed by atoms with Crippen LogP contribution in [0.4, 0.5) is 17.1 Å². The van der Waals surface area contributed by atoms with E-state index in [1.807, 2.05) is 0 Å². The molecule has 0 aromatic heterocycles. The Kier molecular flexibility index (Phi) is 8.05. The molecule has 2 unspecified atom stereocenters. The molecule has 61 heavy (non-hydrogen) atoms. The second kappa shape index (κ2) is 13.8. The highest BCUT2D eigenvalue weighted by atomic mass is 16.5. The summed E-state index contributed by atoms with van der Waals surface area (Å²) in [5.41, 5.74) is 17.0. The first kappa shape index (κ1) is 35.5. The minimum atomic E-state index is -0.128. The lowest BCUT2D eigenvalue weighted by molar-refractivity contribution is 0.272. The molecule has 2 nitrogen and oxygen atoms in total. The van der Waals surface area contributed by atoms with Gasteiger partial charge in [0, 0.05) is 39.1 Å². The Morgan fingerprint density at radius 1 is 0.492 bits per heavy atom. The van der Waals surface area contributed by atoms with E-state index in [4.69, 9.17) is 4.74 Å². The van der Waals surface area contributed by atoms with E-state index in [2.05, 4.69) is 231 Å². The zero-order valence-corrected chi connectivity index (χ0v) is 34.2. The maximum Gasteiger partial charge on any atom is 0.132 e. The number of allylic oxidation sites excluding steroid dienone is 2. The monoisotopic (exact) mass is 781 g/mol. The van der Waals surface area contributed by atoms with Crippen LogP contribution >= 0.6 is 0 Å². The molecule has 0 amide bonds. The molecule has 0 saturated heterocycles. The van der Waals surface area contributed by atoms with Crippen molar-refractivity contribution in [2.75, 3.05) is 4.90 Å². The fraction of sp³-hybridized carbons (Fsp3) is 0.0847. The van der Waals surface area contributed by atoms with Gasteiger partial charge in [0.05, 0.1) is 11.4 Å². The molecule has 1 heterocycles. The number of rotatable bonds is 6. The summed E-state index contributed by atoms with van der Waals surface area (Å²) in [6.07, 6.45) is 6.93. The minimum absolute atomic E-state index is 0.0313. The van der Waals surface area contributed by atoms with Gasteiger partial charge in [0.15, 0.2) is 0 Å². The number of benzene rings is 9. The molecule has 9 aromatic carbocycles. The highest BCUT2D eigenvalue weighted by Gasteiger charge is 2.39. The molecule has 0 bridgehead atoms. The summed E-state index contributed by atoms with van der Waals surface area (Å²) in [6.45, 7) is 4.72. The van der Waals surface area contributed by atoms with Gasteiger partial charge in [0.25, 0.3) is 0 Å². The summed E-state index contributed by atoms with van der Waals surface area (Å²) >= 11 is 0. The van der Waals surface area contributed by atoms with Crippen molar-refractivity contribution in [2.45, 2.75) is 31.3 Å². The van der Waals surface area contributed by atoms with Crippen LogP contribution in [0.25, 0.3) is 60.5 Å². The number of hydrogen-bond donors (Lipinski definition) is 0. The van der Waals surface area contributed by atoms with E-state index >= 15 is 0 Å². The van der Waals surface area contributed by atoms with Gasteiger partial charge in [-0.2, -0.15) is 0 Å². The smallest absolute Gasteiger partial charge is 0.132 e. The zero-order valence-electron chi connectivity index (χ0n) is 34.2. The van der Waals surface area contributed by atoms with Crippen molar-refractivity contribution in [3.8, 4) is 39.1 Å². The Balaban J connectivity index is 0.991. The lowest BCUT2D eigenvalue weighted by atomic mass is 9.82. The predicted octanol–water partition coefficient (Wildman–Crippen LogP) is 15.6. The van der Waals surface area contributed by atoms with E-state index in [0.717, 1.165) is 17.1 Å². The van der Waals surface area contributed by atoms with Crippen LogP contribution in [-0.2, 0) is 5.41 Å². The SMILES string of the molecule is CC1(C)c2ccccc2-c2c(N(c3ccc(-c4cccc(-c5ccc6ccccc6c5)c4)cc3)c3ccccc3C3=CC4c5ccc6ccccc6c5OC4C=C3)cccc21. The van der Waals surface area contributed by atoms with E-state index < -0.39 is 0 Å². The second-order valence-electron chi connectivity index (χ2n) is 17.2. The molecule has 0 saturated carbocycles. The van der Waals surface area contributed by atoms with Crippen molar-refractivity contribution in [1.82, 2.24) is 0 Å². The van der Waals surface area contributed by atoms with Crippen LogP contribution in [-0.4, -0.2) is 6.10 Å². The molecule has 3 aliphatic rings. The predicted molar refractivity (Wildman–Crippen MR) is 255 cm³/mol. The van der Waals surface area contributed by atoms with Crippen molar-refractivity contribution in [1.29, 1.82) is 0 Å². The Morgan fingerprint density at radius 2 is 1.13 bits per heavy atom. The highest BCUT2D eigenvalue weighted by Crippen LogP contribution is 2.55. The number of para-hydroxylation sites is 1. The van der Waals surface area contributed by atoms with Crippen LogP contribution in [0.2, 0.25) is 0 Å². The lowest BCUT2D eigenvalue weighted by Gasteiger charge is -2.31. The average Bonchev–Trinajstić information content (AvgIpc) is 3.81. The molecule has 0 fully saturated rings. The summed E-state index contributed by atoms with van der Waals surface area (Å²) in [5, 5.41) is 4.89. The Bertz CT molecular complexity index is 3280. The summed E-state index contributed by atoms with van der Waals surface area (Å²) in [7, 11) is 0. The van der Waals surface area contributed by atoms with Crippen molar-refractivity contribution in [2.24, 2.45) is 0 Å². The number of ether oxygens (including phenoxy) is 1. The number of fused-ring (bicyclic) bond motifs is 9. The summed E-state index contributed by atoms with van der Waals surface area (Å²) < 4.78 is 6.68. The minimum Gasteiger partial charge on any atom is -0.484 e.